The van der Waals surface area contributed by atoms with Crippen LogP contribution in [0.2, 0.25) is 0 Å². The Morgan fingerprint density at radius 1 is 1.00 bits per heavy atom. The number of carbonyl (C=O) groups is 1. The molecule has 0 aliphatic heterocycles. The molecule has 0 heterocycles. The van der Waals surface area contributed by atoms with Crippen LogP contribution in [0.3, 0.4) is 0 Å². The SMILES string of the molecule is COc1ccc(CC(=O)NCC(C)(C)c2ccccc2)cc1OC. The average Bonchev–Trinajstić information content (AvgIpc) is 2.60. The highest BCUT2D eigenvalue weighted by Crippen LogP contribution is 2.27. The predicted octanol–water partition coefficient (Wildman–Crippen LogP) is 3.34. The third-order valence-corrected chi connectivity index (χ3v) is 4.10. The summed E-state index contributed by atoms with van der Waals surface area (Å²) in [6, 6.07) is 15.7. The molecule has 0 atom stereocenters. The standard InChI is InChI=1S/C20H25NO3/c1-20(2,16-8-6-5-7-9-16)14-21-19(22)13-15-10-11-17(23-3)18(12-15)24-4/h5-12H,13-14H2,1-4H3,(H,21,22). The normalized spacial score (nSPS) is 11.0. The van der Waals surface area contributed by atoms with Gasteiger partial charge in [-0.2, -0.15) is 0 Å². The molecule has 2 aromatic rings. The van der Waals surface area contributed by atoms with Gasteiger partial charge < -0.3 is 14.8 Å². The molecule has 0 fully saturated rings. The van der Waals surface area contributed by atoms with E-state index >= 15 is 0 Å². The van der Waals surface area contributed by atoms with Crippen LogP contribution in [0.15, 0.2) is 48.5 Å². The minimum absolute atomic E-state index is 0.00812. The van der Waals surface area contributed by atoms with Gasteiger partial charge in [-0.3, -0.25) is 4.79 Å². The molecule has 0 aliphatic rings. The molecule has 0 saturated carbocycles. The van der Waals surface area contributed by atoms with Gasteiger partial charge in [-0.15, -0.1) is 0 Å². The quantitative estimate of drug-likeness (QED) is 0.848. The fraction of sp³-hybridized carbons (Fsp3) is 0.350. The smallest absolute Gasteiger partial charge is 0.224 e. The van der Waals surface area contributed by atoms with E-state index in [1.807, 2.05) is 36.4 Å². The van der Waals surface area contributed by atoms with Crippen LogP contribution in [-0.4, -0.2) is 26.7 Å². The second-order valence-corrected chi connectivity index (χ2v) is 6.39. The summed E-state index contributed by atoms with van der Waals surface area (Å²) in [5.41, 5.74) is 1.98. The summed E-state index contributed by atoms with van der Waals surface area (Å²) in [5, 5.41) is 3.02. The van der Waals surface area contributed by atoms with Crippen LogP contribution in [0.25, 0.3) is 0 Å². The van der Waals surface area contributed by atoms with Crippen LogP contribution in [0, 0.1) is 0 Å². The van der Waals surface area contributed by atoms with E-state index in [0.717, 1.165) is 5.56 Å². The highest BCUT2D eigenvalue weighted by molar-refractivity contribution is 5.79. The molecule has 128 valence electrons. The van der Waals surface area contributed by atoms with Crippen LogP contribution < -0.4 is 14.8 Å². The van der Waals surface area contributed by atoms with Crippen molar-refractivity contribution in [3.05, 3.63) is 59.7 Å². The number of rotatable bonds is 7. The number of amides is 1. The Bertz CT molecular complexity index is 681. The number of hydrogen-bond acceptors (Lipinski definition) is 3. The van der Waals surface area contributed by atoms with Crippen molar-refractivity contribution < 1.29 is 14.3 Å². The van der Waals surface area contributed by atoms with Crippen molar-refractivity contribution in [2.24, 2.45) is 0 Å². The molecule has 0 saturated heterocycles. The van der Waals surface area contributed by atoms with Gasteiger partial charge in [0.05, 0.1) is 20.6 Å². The van der Waals surface area contributed by atoms with Gasteiger partial charge in [0.15, 0.2) is 11.5 Å². The fourth-order valence-electron chi connectivity index (χ4n) is 2.55. The van der Waals surface area contributed by atoms with Gasteiger partial charge in [0, 0.05) is 12.0 Å². The molecule has 2 rings (SSSR count). The van der Waals surface area contributed by atoms with Gasteiger partial charge in [-0.05, 0) is 23.3 Å². The van der Waals surface area contributed by atoms with E-state index in [-0.39, 0.29) is 11.3 Å². The molecule has 1 amide bonds. The Hall–Kier alpha value is -2.49. The van der Waals surface area contributed by atoms with Crippen LogP contribution in [0.4, 0.5) is 0 Å². The molecule has 4 heteroatoms. The Balaban J connectivity index is 1.96. The lowest BCUT2D eigenvalue weighted by molar-refractivity contribution is -0.120. The Morgan fingerprint density at radius 3 is 2.29 bits per heavy atom. The second kappa shape index (κ2) is 7.86. The molecule has 2 aromatic carbocycles. The molecule has 0 bridgehead atoms. The zero-order valence-corrected chi connectivity index (χ0v) is 14.8. The van der Waals surface area contributed by atoms with Crippen molar-refractivity contribution in [2.75, 3.05) is 20.8 Å². The topological polar surface area (TPSA) is 47.6 Å². The molecule has 24 heavy (non-hydrogen) atoms. The van der Waals surface area contributed by atoms with Gasteiger partial charge >= 0.3 is 0 Å². The van der Waals surface area contributed by atoms with Crippen LogP contribution in [0.5, 0.6) is 11.5 Å². The first-order valence-electron chi connectivity index (χ1n) is 7.99. The Kier molecular flexibility index (Phi) is 5.85. The summed E-state index contributed by atoms with van der Waals surface area (Å²) in [7, 11) is 3.18. The third kappa shape index (κ3) is 4.51. The van der Waals surface area contributed by atoms with E-state index in [9.17, 15) is 4.79 Å². The highest BCUT2D eigenvalue weighted by Gasteiger charge is 2.21. The number of nitrogens with one attached hydrogen (secondary N) is 1. The van der Waals surface area contributed by atoms with E-state index in [2.05, 4.69) is 31.3 Å². The first kappa shape index (κ1) is 17.9. The number of methoxy groups -OCH3 is 2. The van der Waals surface area contributed by atoms with Crippen LogP contribution >= 0.6 is 0 Å². The lowest BCUT2D eigenvalue weighted by Crippen LogP contribution is -2.37. The molecule has 1 N–H and O–H groups in total. The minimum Gasteiger partial charge on any atom is -0.493 e. The van der Waals surface area contributed by atoms with Crippen molar-refractivity contribution >= 4 is 5.91 Å². The summed E-state index contributed by atoms with van der Waals surface area (Å²) in [6.45, 7) is 4.83. The van der Waals surface area contributed by atoms with Crippen molar-refractivity contribution in [1.29, 1.82) is 0 Å². The van der Waals surface area contributed by atoms with Crippen molar-refractivity contribution in [1.82, 2.24) is 5.32 Å². The molecule has 0 radical (unpaired) electrons. The first-order chi connectivity index (χ1) is 11.5. The molecule has 0 unspecified atom stereocenters. The molecule has 0 aromatic heterocycles. The highest BCUT2D eigenvalue weighted by atomic mass is 16.5. The molecule has 4 nitrogen and oxygen atoms in total. The molecular formula is C20H25NO3. The summed E-state index contributed by atoms with van der Waals surface area (Å²) in [5.74, 6) is 1.28. The molecular weight excluding hydrogens is 302 g/mol. The van der Waals surface area contributed by atoms with Gasteiger partial charge in [0.2, 0.25) is 5.91 Å². The number of hydrogen-bond donors (Lipinski definition) is 1. The fourth-order valence-corrected chi connectivity index (χ4v) is 2.55. The van der Waals surface area contributed by atoms with Gasteiger partial charge in [0.25, 0.3) is 0 Å². The maximum atomic E-state index is 12.3. The predicted molar refractivity (Wildman–Crippen MR) is 95.7 cm³/mol. The van der Waals surface area contributed by atoms with Crippen LogP contribution in [0.1, 0.15) is 25.0 Å². The summed E-state index contributed by atoms with van der Waals surface area (Å²) in [4.78, 5) is 12.3. The number of carbonyl (C=O) groups excluding carboxylic acids is 1. The van der Waals surface area contributed by atoms with Crippen LogP contribution in [-0.2, 0) is 16.6 Å². The zero-order valence-electron chi connectivity index (χ0n) is 14.8. The lowest BCUT2D eigenvalue weighted by Gasteiger charge is -2.25. The van der Waals surface area contributed by atoms with E-state index in [1.165, 1.54) is 5.56 Å². The van der Waals surface area contributed by atoms with E-state index in [4.69, 9.17) is 9.47 Å². The second-order valence-electron chi connectivity index (χ2n) is 6.39. The molecule has 0 spiro atoms. The lowest BCUT2D eigenvalue weighted by atomic mass is 9.84. The maximum Gasteiger partial charge on any atom is 0.224 e. The average molecular weight is 327 g/mol. The molecule has 0 aliphatic carbocycles. The van der Waals surface area contributed by atoms with Crippen molar-refractivity contribution in [3.63, 3.8) is 0 Å². The Morgan fingerprint density at radius 2 is 1.67 bits per heavy atom. The minimum atomic E-state index is -0.117. The number of ether oxygens (including phenoxy) is 2. The zero-order chi connectivity index (χ0) is 17.6. The summed E-state index contributed by atoms with van der Waals surface area (Å²) in [6.07, 6.45) is 0.311. The van der Waals surface area contributed by atoms with Gasteiger partial charge in [-0.25, -0.2) is 0 Å². The monoisotopic (exact) mass is 327 g/mol. The third-order valence-electron chi connectivity index (χ3n) is 4.10. The number of benzene rings is 2. The van der Waals surface area contributed by atoms with E-state index in [0.29, 0.717) is 24.5 Å². The maximum absolute atomic E-state index is 12.3. The van der Waals surface area contributed by atoms with Crippen molar-refractivity contribution in [3.8, 4) is 11.5 Å². The van der Waals surface area contributed by atoms with E-state index in [1.54, 1.807) is 14.2 Å². The van der Waals surface area contributed by atoms with Gasteiger partial charge in [0.1, 0.15) is 0 Å². The Labute approximate surface area is 143 Å². The summed E-state index contributed by atoms with van der Waals surface area (Å²) < 4.78 is 10.5. The van der Waals surface area contributed by atoms with E-state index < -0.39 is 0 Å². The van der Waals surface area contributed by atoms with Crippen molar-refractivity contribution in [2.45, 2.75) is 25.7 Å². The summed E-state index contributed by atoms with van der Waals surface area (Å²) >= 11 is 0. The largest absolute Gasteiger partial charge is 0.493 e. The van der Waals surface area contributed by atoms with Gasteiger partial charge in [-0.1, -0.05) is 50.2 Å². The first-order valence-corrected chi connectivity index (χ1v) is 7.99.